The zero-order chi connectivity index (χ0) is 18.9. The van der Waals surface area contributed by atoms with Crippen LogP contribution in [0.15, 0.2) is 47.4 Å². The standard InChI is InChI=1S/C19H21ClN2O3S/c1-13-3-10-17(11-18(13)20)26(24,25)22(2)12-14-4-6-15(7-5-14)19(23)21-16-8-9-16/h3-7,10-11,16H,8-9,12H2,1-2H3,(H,21,23). The molecule has 1 N–H and O–H groups in total. The quantitative estimate of drug-likeness (QED) is 0.819. The van der Waals surface area contributed by atoms with Gasteiger partial charge in [-0.05, 0) is 55.2 Å². The van der Waals surface area contributed by atoms with Crippen LogP contribution in [0.25, 0.3) is 0 Å². The minimum absolute atomic E-state index is 0.0886. The van der Waals surface area contributed by atoms with Gasteiger partial charge in [0.1, 0.15) is 0 Å². The number of hydrogen-bond donors (Lipinski definition) is 1. The fourth-order valence-corrected chi connectivity index (χ4v) is 3.94. The molecule has 0 spiro atoms. The largest absolute Gasteiger partial charge is 0.349 e. The molecular formula is C19H21ClN2O3S. The zero-order valence-electron chi connectivity index (χ0n) is 14.7. The molecule has 0 saturated heterocycles. The molecule has 5 nitrogen and oxygen atoms in total. The van der Waals surface area contributed by atoms with E-state index in [1.807, 2.05) is 6.92 Å². The number of nitrogens with zero attached hydrogens (tertiary/aromatic N) is 1. The van der Waals surface area contributed by atoms with Gasteiger partial charge in [0.2, 0.25) is 10.0 Å². The number of rotatable bonds is 6. The first-order chi connectivity index (χ1) is 12.3. The molecule has 2 aromatic carbocycles. The third-order valence-electron chi connectivity index (χ3n) is 4.39. The number of halogens is 1. The molecule has 7 heteroatoms. The Balaban J connectivity index is 1.70. The van der Waals surface area contributed by atoms with Gasteiger partial charge in [0.05, 0.1) is 4.90 Å². The van der Waals surface area contributed by atoms with E-state index in [1.165, 1.54) is 17.4 Å². The number of amides is 1. The van der Waals surface area contributed by atoms with Crippen LogP contribution >= 0.6 is 11.6 Å². The number of sulfonamides is 1. The molecule has 0 aromatic heterocycles. The van der Waals surface area contributed by atoms with Crippen molar-refractivity contribution in [1.29, 1.82) is 0 Å². The van der Waals surface area contributed by atoms with E-state index in [4.69, 9.17) is 11.6 Å². The first-order valence-electron chi connectivity index (χ1n) is 8.39. The Morgan fingerprint density at radius 2 is 1.85 bits per heavy atom. The number of carbonyl (C=O) groups is 1. The highest BCUT2D eigenvalue weighted by Crippen LogP contribution is 2.23. The average molecular weight is 393 g/mol. The summed E-state index contributed by atoms with van der Waals surface area (Å²) < 4.78 is 26.7. The van der Waals surface area contributed by atoms with Crippen molar-refractivity contribution in [2.75, 3.05) is 7.05 Å². The van der Waals surface area contributed by atoms with E-state index in [0.717, 1.165) is 24.0 Å². The van der Waals surface area contributed by atoms with Crippen molar-refractivity contribution in [2.45, 2.75) is 37.2 Å². The monoisotopic (exact) mass is 392 g/mol. The van der Waals surface area contributed by atoms with Crippen molar-refractivity contribution in [3.8, 4) is 0 Å². The highest BCUT2D eigenvalue weighted by atomic mass is 35.5. The maximum atomic E-state index is 12.7. The highest BCUT2D eigenvalue weighted by molar-refractivity contribution is 7.89. The molecule has 1 fully saturated rings. The Labute approximate surface area is 159 Å². The summed E-state index contributed by atoms with van der Waals surface area (Å²) in [5.41, 5.74) is 2.21. The van der Waals surface area contributed by atoms with Gasteiger partial charge >= 0.3 is 0 Å². The van der Waals surface area contributed by atoms with Crippen LogP contribution in [-0.2, 0) is 16.6 Å². The van der Waals surface area contributed by atoms with Crippen LogP contribution in [-0.4, -0.2) is 31.7 Å². The molecular weight excluding hydrogens is 372 g/mol. The molecule has 138 valence electrons. The van der Waals surface area contributed by atoms with Gasteiger partial charge < -0.3 is 5.32 Å². The lowest BCUT2D eigenvalue weighted by atomic mass is 10.1. The zero-order valence-corrected chi connectivity index (χ0v) is 16.3. The van der Waals surface area contributed by atoms with Gasteiger partial charge in [-0.15, -0.1) is 0 Å². The summed E-state index contributed by atoms with van der Waals surface area (Å²) in [6, 6.07) is 12.0. The lowest BCUT2D eigenvalue weighted by Crippen LogP contribution is -2.27. The topological polar surface area (TPSA) is 66.5 Å². The Kier molecular flexibility index (Phi) is 5.37. The lowest BCUT2D eigenvalue weighted by Gasteiger charge is -2.18. The molecule has 0 unspecified atom stereocenters. The first-order valence-corrected chi connectivity index (χ1v) is 10.2. The van der Waals surface area contributed by atoms with Crippen LogP contribution in [0.5, 0.6) is 0 Å². The van der Waals surface area contributed by atoms with Crippen LogP contribution in [0.1, 0.15) is 34.3 Å². The molecule has 1 aliphatic rings. The predicted octanol–water partition coefficient (Wildman–Crippen LogP) is 3.36. The summed E-state index contributed by atoms with van der Waals surface area (Å²) in [5, 5.41) is 3.35. The fraction of sp³-hybridized carbons (Fsp3) is 0.316. The van der Waals surface area contributed by atoms with Crippen LogP contribution in [0.2, 0.25) is 5.02 Å². The second kappa shape index (κ2) is 7.39. The van der Waals surface area contributed by atoms with E-state index in [9.17, 15) is 13.2 Å². The summed E-state index contributed by atoms with van der Waals surface area (Å²) in [7, 11) is -2.12. The van der Waals surface area contributed by atoms with Gasteiger partial charge in [-0.3, -0.25) is 4.79 Å². The van der Waals surface area contributed by atoms with Crippen molar-refractivity contribution in [2.24, 2.45) is 0 Å². The van der Waals surface area contributed by atoms with Gasteiger partial charge in [0.15, 0.2) is 0 Å². The van der Waals surface area contributed by atoms with Crippen molar-refractivity contribution in [1.82, 2.24) is 9.62 Å². The highest BCUT2D eigenvalue weighted by Gasteiger charge is 2.24. The molecule has 1 amide bonds. The second-order valence-corrected chi connectivity index (χ2v) is 9.07. The molecule has 1 saturated carbocycles. The number of aryl methyl sites for hydroxylation is 1. The SMILES string of the molecule is Cc1ccc(S(=O)(=O)N(C)Cc2ccc(C(=O)NC3CC3)cc2)cc1Cl. The fourth-order valence-electron chi connectivity index (χ4n) is 2.51. The molecule has 2 aromatic rings. The molecule has 0 bridgehead atoms. The minimum atomic E-state index is -3.64. The average Bonchev–Trinajstić information content (AvgIpc) is 3.41. The van der Waals surface area contributed by atoms with Crippen LogP contribution in [0.4, 0.5) is 0 Å². The van der Waals surface area contributed by atoms with Gasteiger partial charge in [-0.2, -0.15) is 4.31 Å². The molecule has 0 aliphatic heterocycles. The number of hydrogen-bond acceptors (Lipinski definition) is 3. The summed E-state index contributed by atoms with van der Waals surface area (Å²) in [5.74, 6) is -0.0886. The maximum Gasteiger partial charge on any atom is 0.251 e. The van der Waals surface area contributed by atoms with Crippen LogP contribution in [0, 0.1) is 6.92 Å². The third-order valence-corrected chi connectivity index (χ3v) is 6.59. The van der Waals surface area contributed by atoms with E-state index < -0.39 is 10.0 Å². The lowest BCUT2D eigenvalue weighted by molar-refractivity contribution is 0.0951. The van der Waals surface area contributed by atoms with Gasteiger partial charge in [-0.25, -0.2) is 8.42 Å². The van der Waals surface area contributed by atoms with Gasteiger partial charge in [-0.1, -0.05) is 29.8 Å². The van der Waals surface area contributed by atoms with Gasteiger partial charge in [0.25, 0.3) is 5.91 Å². The predicted molar refractivity (Wildman–Crippen MR) is 102 cm³/mol. The summed E-state index contributed by atoms with van der Waals surface area (Å²) in [6.45, 7) is 2.03. The molecule has 3 rings (SSSR count). The summed E-state index contributed by atoms with van der Waals surface area (Å²) in [4.78, 5) is 12.2. The number of benzene rings is 2. The number of carbonyl (C=O) groups excluding carboxylic acids is 1. The Hall–Kier alpha value is -1.89. The van der Waals surface area contributed by atoms with Gasteiger partial charge in [0, 0.05) is 30.2 Å². The Morgan fingerprint density at radius 3 is 2.42 bits per heavy atom. The minimum Gasteiger partial charge on any atom is -0.349 e. The van der Waals surface area contributed by atoms with E-state index in [-0.39, 0.29) is 17.3 Å². The van der Waals surface area contributed by atoms with Crippen molar-refractivity contribution >= 4 is 27.5 Å². The maximum absolute atomic E-state index is 12.7. The van der Waals surface area contributed by atoms with E-state index >= 15 is 0 Å². The first kappa shape index (κ1) is 18.9. The van der Waals surface area contributed by atoms with E-state index in [0.29, 0.717) is 16.6 Å². The third kappa shape index (κ3) is 4.26. The second-order valence-electron chi connectivity index (χ2n) is 6.62. The van der Waals surface area contributed by atoms with Crippen LogP contribution < -0.4 is 5.32 Å². The normalized spacial score (nSPS) is 14.5. The Morgan fingerprint density at radius 1 is 1.19 bits per heavy atom. The summed E-state index contributed by atoms with van der Waals surface area (Å²) in [6.07, 6.45) is 2.07. The summed E-state index contributed by atoms with van der Waals surface area (Å²) >= 11 is 6.05. The molecule has 0 atom stereocenters. The van der Waals surface area contributed by atoms with Crippen molar-refractivity contribution < 1.29 is 13.2 Å². The van der Waals surface area contributed by atoms with E-state index in [1.54, 1.807) is 36.4 Å². The number of nitrogens with one attached hydrogen (secondary N) is 1. The van der Waals surface area contributed by atoms with Crippen molar-refractivity contribution in [3.05, 3.63) is 64.2 Å². The molecule has 0 radical (unpaired) electrons. The molecule has 26 heavy (non-hydrogen) atoms. The van der Waals surface area contributed by atoms with Crippen molar-refractivity contribution in [3.63, 3.8) is 0 Å². The van der Waals surface area contributed by atoms with E-state index in [2.05, 4.69) is 5.32 Å². The molecule has 1 aliphatic carbocycles. The smallest absolute Gasteiger partial charge is 0.251 e. The Bertz CT molecular complexity index is 922. The van der Waals surface area contributed by atoms with Crippen LogP contribution in [0.3, 0.4) is 0 Å². The molecule has 0 heterocycles.